The van der Waals surface area contributed by atoms with Gasteiger partial charge in [0.1, 0.15) is 0 Å². The third-order valence-electron chi connectivity index (χ3n) is 3.01. The van der Waals surface area contributed by atoms with Gasteiger partial charge < -0.3 is 11.1 Å². The van der Waals surface area contributed by atoms with E-state index < -0.39 is 0 Å². The summed E-state index contributed by atoms with van der Waals surface area (Å²) < 4.78 is 0. The topological polar surface area (TPSA) is 63.8 Å². The predicted molar refractivity (Wildman–Crippen MR) is 80.5 cm³/mol. The Morgan fingerprint density at radius 2 is 2.16 bits per heavy atom. The van der Waals surface area contributed by atoms with Crippen LogP contribution in [0.1, 0.15) is 5.69 Å². The molecule has 1 aromatic carbocycles. The average Bonchev–Trinajstić information content (AvgIpc) is 2.95. The number of anilines is 2. The van der Waals surface area contributed by atoms with Gasteiger partial charge in [-0.3, -0.25) is 4.98 Å². The van der Waals surface area contributed by atoms with Crippen LogP contribution in [0, 0.1) is 0 Å². The minimum absolute atomic E-state index is 0.754. The minimum atomic E-state index is 0.754. The van der Waals surface area contributed by atoms with Gasteiger partial charge in [0.05, 0.1) is 28.1 Å². The third kappa shape index (κ3) is 2.51. The van der Waals surface area contributed by atoms with Crippen LogP contribution in [0.2, 0.25) is 0 Å². The van der Waals surface area contributed by atoms with E-state index in [1.54, 1.807) is 17.5 Å². The normalized spacial score (nSPS) is 10.7. The molecule has 96 valence electrons. The lowest BCUT2D eigenvalue weighted by molar-refractivity contribution is 0.978. The first-order valence-corrected chi connectivity index (χ1v) is 7.03. The van der Waals surface area contributed by atoms with Crippen molar-refractivity contribution in [3.8, 4) is 0 Å². The molecule has 0 amide bonds. The molecule has 5 heteroatoms. The second kappa shape index (κ2) is 5.24. The van der Waals surface area contributed by atoms with Gasteiger partial charge in [0.2, 0.25) is 0 Å². The number of thiazole rings is 1. The molecule has 0 atom stereocenters. The molecule has 0 fully saturated rings. The summed E-state index contributed by atoms with van der Waals surface area (Å²) in [5.41, 5.74) is 11.8. The second-order valence-electron chi connectivity index (χ2n) is 4.25. The van der Waals surface area contributed by atoms with Crippen LogP contribution in [-0.2, 0) is 6.42 Å². The number of aromatic nitrogens is 2. The van der Waals surface area contributed by atoms with Crippen molar-refractivity contribution in [2.24, 2.45) is 0 Å². The Balaban J connectivity index is 1.76. The highest BCUT2D eigenvalue weighted by Crippen LogP contribution is 2.27. The molecule has 3 rings (SSSR count). The lowest BCUT2D eigenvalue weighted by Gasteiger charge is -2.10. The quantitative estimate of drug-likeness (QED) is 0.715. The Labute approximate surface area is 115 Å². The van der Waals surface area contributed by atoms with E-state index in [1.807, 2.05) is 29.8 Å². The number of nitrogens with zero attached hydrogens (tertiary/aromatic N) is 2. The molecule has 4 nitrogen and oxygen atoms in total. The maximum Gasteiger partial charge on any atom is 0.0794 e. The molecule has 19 heavy (non-hydrogen) atoms. The van der Waals surface area contributed by atoms with Crippen molar-refractivity contribution in [2.75, 3.05) is 17.6 Å². The molecule has 0 aliphatic heterocycles. The van der Waals surface area contributed by atoms with Gasteiger partial charge in [-0.05, 0) is 24.3 Å². The summed E-state index contributed by atoms with van der Waals surface area (Å²) in [5, 5.41) is 6.41. The number of nitrogens with two attached hydrogens (primary N) is 1. The first kappa shape index (κ1) is 11.9. The SMILES string of the molecule is Nc1c(NCCc2cscn2)ccc2ncccc12. The summed E-state index contributed by atoms with van der Waals surface area (Å²) in [7, 11) is 0. The Kier molecular flexibility index (Phi) is 3.29. The van der Waals surface area contributed by atoms with Gasteiger partial charge in [0.25, 0.3) is 0 Å². The number of nitrogen functional groups attached to an aromatic ring is 1. The van der Waals surface area contributed by atoms with Gasteiger partial charge in [-0.2, -0.15) is 0 Å². The van der Waals surface area contributed by atoms with Gasteiger partial charge in [-0.15, -0.1) is 11.3 Å². The summed E-state index contributed by atoms with van der Waals surface area (Å²) in [6.07, 6.45) is 2.67. The second-order valence-corrected chi connectivity index (χ2v) is 4.97. The fourth-order valence-electron chi connectivity index (χ4n) is 2.02. The molecular formula is C14H14N4S. The van der Waals surface area contributed by atoms with Gasteiger partial charge >= 0.3 is 0 Å². The van der Waals surface area contributed by atoms with Crippen LogP contribution in [0.25, 0.3) is 10.9 Å². The Morgan fingerprint density at radius 1 is 1.21 bits per heavy atom. The molecule has 0 saturated heterocycles. The zero-order chi connectivity index (χ0) is 13.1. The van der Waals surface area contributed by atoms with Crippen molar-refractivity contribution < 1.29 is 0 Å². The smallest absolute Gasteiger partial charge is 0.0794 e. The van der Waals surface area contributed by atoms with Crippen molar-refractivity contribution in [3.05, 3.63) is 47.0 Å². The van der Waals surface area contributed by atoms with Crippen LogP contribution in [0.4, 0.5) is 11.4 Å². The van der Waals surface area contributed by atoms with Crippen LogP contribution in [0.15, 0.2) is 41.4 Å². The zero-order valence-corrected chi connectivity index (χ0v) is 11.2. The first-order chi connectivity index (χ1) is 9.34. The number of hydrogen-bond donors (Lipinski definition) is 2. The monoisotopic (exact) mass is 270 g/mol. The Morgan fingerprint density at radius 3 is 3.00 bits per heavy atom. The van der Waals surface area contributed by atoms with E-state index in [0.717, 1.165) is 40.9 Å². The van der Waals surface area contributed by atoms with E-state index in [2.05, 4.69) is 20.7 Å². The summed E-state index contributed by atoms with van der Waals surface area (Å²) in [6, 6.07) is 7.85. The molecule has 3 N–H and O–H groups in total. The van der Waals surface area contributed by atoms with Crippen LogP contribution >= 0.6 is 11.3 Å². The number of nitrogens with one attached hydrogen (secondary N) is 1. The lowest BCUT2D eigenvalue weighted by atomic mass is 10.1. The van der Waals surface area contributed by atoms with Gasteiger partial charge in [0, 0.05) is 29.9 Å². The average molecular weight is 270 g/mol. The van der Waals surface area contributed by atoms with E-state index in [9.17, 15) is 0 Å². The van der Waals surface area contributed by atoms with Crippen molar-refractivity contribution in [3.63, 3.8) is 0 Å². The number of rotatable bonds is 4. The molecule has 2 aromatic heterocycles. The summed E-state index contributed by atoms with van der Waals surface area (Å²) in [4.78, 5) is 8.54. The van der Waals surface area contributed by atoms with Gasteiger partial charge in [-0.25, -0.2) is 4.98 Å². The molecule has 0 spiro atoms. The van der Waals surface area contributed by atoms with E-state index in [-0.39, 0.29) is 0 Å². The molecule has 2 heterocycles. The Bertz CT molecular complexity index is 679. The van der Waals surface area contributed by atoms with Crippen LogP contribution in [0.3, 0.4) is 0 Å². The molecule has 0 radical (unpaired) electrons. The fraction of sp³-hybridized carbons (Fsp3) is 0.143. The lowest BCUT2D eigenvalue weighted by Crippen LogP contribution is -2.07. The molecule has 0 saturated carbocycles. The van der Waals surface area contributed by atoms with E-state index in [0.29, 0.717) is 0 Å². The number of hydrogen-bond acceptors (Lipinski definition) is 5. The van der Waals surface area contributed by atoms with E-state index in [4.69, 9.17) is 5.73 Å². The highest BCUT2D eigenvalue weighted by Gasteiger charge is 2.04. The maximum atomic E-state index is 6.16. The standard InChI is InChI=1S/C14H14N4S/c15-14-11-2-1-6-16-12(11)3-4-13(14)17-7-5-10-8-19-9-18-10/h1-4,6,8-9,17H,5,7,15H2. The van der Waals surface area contributed by atoms with Crippen LogP contribution in [0.5, 0.6) is 0 Å². The Hall–Kier alpha value is -2.14. The number of pyridine rings is 1. The number of fused-ring (bicyclic) bond motifs is 1. The molecule has 3 aromatic rings. The highest BCUT2D eigenvalue weighted by molar-refractivity contribution is 7.07. The largest absolute Gasteiger partial charge is 0.397 e. The number of benzene rings is 1. The molecule has 0 aliphatic carbocycles. The van der Waals surface area contributed by atoms with Crippen LogP contribution < -0.4 is 11.1 Å². The van der Waals surface area contributed by atoms with Gasteiger partial charge in [0.15, 0.2) is 0 Å². The van der Waals surface area contributed by atoms with Crippen molar-refractivity contribution in [1.82, 2.24) is 9.97 Å². The summed E-state index contributed by atoms with van der Waals surface area (Å²) in [6.45, 7) is 0.819. The van der Waals surface area contributed by atoms with Crippen molar-refractivity contribution in [2.45, 2.75) is 6.42 Å². The summed E-state index contributed by atoms with van der Waals surface area (Å²) in [5.74, 6) is 0. The first-order valence-electron chi connectivity index (χ1n) is 6.09. The molecule has 0 bridgehead atoms. The van der Waals surface area contributed by atoms with E-state index >= 15 is 0 Å². The zero-order valence-electron chi connectivity index (χ0n) is 10.3. The van der Waals surface area contributed by atoms with Crippen molar-refractivity contribution >= 4 is 33.6 Å². The van der Waals surface area contributed by atoms with Crippen molar-refractivity contribution in [1.29, 1.82) is 0 Å². The van der Waals surface area contributed by atoms with E-state index in [1.165, 1.54) is 0 Å². The molecule has 0 aliphatic rings. The van der Waals surface area contributed by atoms with Gasteiger partial charge in [-0.1, -0.05) is 0 Å². The molecular weight excluding hydrogens is 256 g/mol. The maximum absolute atomic E-state index is 6.16. The summed E-state index contributed by atoms with van der Waals surface area (Å²) >= 11 is 1.62. The highest BCUT2D eigenvalue weighted by atomic mass is 32.1. The third-order valence-corrected chi connectivity index (χ3v) is 3.64. The molecule has 0 unspecified atom stereocenters. The predicted octanol–water partition coefficient (Wildman–Crippen LogP) is 2.93. The fourth-order valence-corrected chi connectivity index (χ4v) is 2.61. The minimum Gasteiger partial charge on any atom is -0.397 e. The van der Waals surface area contributed by atoms with Crippen LogP contribution in [-0.4, -0.2) is 16.5 Å².